The second-order valence-electron chi connectivity index (χ2n) is 4.69. The zero-order valence-corrected chi connectivity index (χ0v) is 11.7. The molecule has 0 aromatic carbocycles. The van der Waals surface area contributed by atoms with Gasteiger partial charge in [0, 0.05) is 12.8 Å². The van der Waals surface area contributed by atoms with Gasteiger partial charge in [0.05, 0.1) is 26.2 Å². The summed E-state index contributed by atoms with van der Waals surface area (Å²) >= 11 is 0. The van der Waals surface area contributed by atoms with Crippen LogP contribution in [0.15, 0.2) is 0 Å². The minimum atomic E-state index is 0. The van der Waals surface area contributed by atoms with E-state index in [9.17, 15) is 4.79 Å². The van der Waals surface area contributed by atoms with Crippen LogP contribution in [0, 0.1) is 0 Å². The van der Waals surface area contributed by atoms with Crippen molar-refractivity contribution in [1.29, 1.82) is 0 Å². The third kappa shape index (κ3) is 5.12. The van der Waals surface area contributed by atoms with Crippen LogP contribution in [0.25, 0.3) is 0 Å². The Morgan fingerprint density at radius 2 is 1.80 bits per heavy atom. The number of Topliss-reactive ketones (excluding diaryl/α,β-unsaturated/α-hetero) is 1. The molecule has 0 amide bonds. The number of likely N-dealkylation sites (tertiary alicyclic amines) is 1. The van der Waals surface area contributed by atoms with Crippen LogP contribution in [0.1, 0.15) is 46.0 Å². The number of hydrogen-bond donors (Lipinski definition) is 0. The van der Waals surface area contributed by atoms with Crippen molar-refractivity contribution < 1.29 is 26.3 Å². The molecule has 3 heteroatoms. The van der Waals surface area contributed by atoms with Gasteiger partial charge in [0.25, 0.3) is 0 Å². The topological polar surface area (TPSA) is 17.1 Å². The molecule has 90 valence electrons. The molecule has 0 aromatic heterocycles. The van der Waals surface area contributed by atoms with E-state index in [1.54, 1.807) is 6.92 Å². The van der Waals surface area contributed by atoms with E-state index in [1.165, 1.54) is 49.9 Å². The molecule has 0 saturated carbocycles. The average Bonchev–Trinajstić information content (AvgIpc) is 2.19. The number of carbonyl (C=O) groups is 1. The van der Waals surface area contributed by atoms with Gasteiger partial charge >= 0.3 is 0 Å². The van der Waals surface area contributed by atoms with Gasteiger partial charge in [-0.05, 0) is 33.1 Å². The van der Waals surface area contributed by atoms with Crippen LogP contribution >= 0.6 is 0 Å². The van der Waals surface area contributed by atoms with Crippen LogP contribution in [-0.4, -0.2) is 36.4 Å². The van der Waals surface area contributed by atoms with Gasteiger partial charge in [-0.1, -0.05) is 0 Å². The van der Waals surface area contributed by atoms with Gasteiger partial charge in [-0.3, -0.25) is 0 Å². The van der Waals surface area contributed by atoms with Gasteiger partial charge in [-0.15, -0.1) is 0 Å². The Labute approximate surface area is 104 Å². The van der Waals surface area contributed by atoms with Crippen molar-refractivity contribution in [3.8, 4) is 0 Å². The van der Waals surface area contributed by atoms with Gasteiger partial charge in [0.15, 0.2) is 0 Å². The molecule has 15 heavy (non-hydrogen) atoms. The van der Waals surface area contributed by atoms with Gasteiger partial charge in [-0.25, -0.2) is 0 Å². The maximum Gasteiger partial charge on any atom is 0.130 e. The first-order chi connectivity index (χ1) is 6.68. The summed E-state index contributed by atoms with van der Waals surface area (Å²) in [5.41, 5.74) is 0. The highest BCUT2D eigenvalue weighted by Gasteiger charge is 2.27. The van der Waals surface area contributed by atoms with Crippen LogP contribution in [-0.2, 0) is 4.79 Å². The normalized spacial score (nSPS) is 19.3. The second kappa shape index (κ2) is 7.39. The van der Waals surface area contributed by atoms with E-state index >= 15 is 0 Å². The number of nitrogens with zero attached hydrogens (tertiary/aromatic N) is 1. The molecule has 1 saturated heterocycles. The minimum absolute atomic E-state index is 0. The van der Waals surface area contributed by atoms with E-state index in [0.717, 1.165) is 12.8 Å². The highest BCUT2D eigenvalue weighted by molar-refractivity contribution is 5.75. The standard InChI is InChI=1S/C12H24NO.BrH/c1-3-13(9-5-4-6-10-13)11-7-8-12(2)14;/h3-11H2,1-2H3;1H/q+1;/p-1. The molecule has 2 nitrogen and oxygen atoms in total. The lowest BCUT2D eigenvalue weighted by Gasteiger charge is -2.40. The van der Waals surface area contributed by atoms with Crippen LogP contribution < -0.4 is 17.0 Å². The maximum atomic E-state index is 10.9. The monoisotopic (exact) mass is 277 g/mol. The van der Waals surface area contributed by atoms with Crippen molar-refractivity contribution >= 4 is 5.78 Å². The van der Waals surface area contributed by atoms with E-state index in [2.05, 4.69) is 6.92 Å². The Bertz CT molecular complexity index is 188. The molecule has 0 bridgehead atoms. The molecular formula is C12H24BrNO. The molecule has 0 spiro atoms. The number of ketones is 1. The molecule has 1 fully saturated rings. The van der Waals surface area contributed by atoms with Crippen molar-refractivity contribution in [3.05, 3.63) is 0 Å². The summed E-state index contributed by atoms with van der Waals surface area (Å²) in [4.78, 5) is 10.9. The summed E-state index contributed by atoms with van der Waals surface area (Å²) in [6.45, 7) is 9.14. The summed E-state index contributed by atoms with van der Waals surface area (Å²) in [7, 11) is 0. The Hall–Kier alpha value is 0.110. The zero-order chi connectivity index (χ0) is 10.4. The molecular weight excluding hydrogens is 254 g/mol. The number of quaternary nitrogens is 1. The summed E-state index contributed by atoms with van der Waals surface area (Å²) in [6, 6.07) is 0. The molecule has 1 rings (SSSR count). The second-order valence-corrected chi connectivity index (χ2v) is 4.69. The molecule has 1 aliphatic rings. The number of hydrogen-bond acceptors (Lipinski definition) is 1. The van der Waals surface area contributed by atoms with E-state index in [-0.39, 0.29) is 17.0 Å². The Morgan fingerprint density at radius 3 is 2.27 bits per heavy atom. The zero-order valence-electron chi connectivity index (χ0n) is 10.1. The molecule has 1 aliphatic heterocycles. The maximum absolute atomic E-state index is 10.9. The number of rotatable bonds is 5. The fourth-order valence-corrected chi connectivity index (χ4v) is 2.54. The Balaban J connectivity index is 0.00000196. The first-order valence-electron chi connectivity index (χ1n) is 6.03. The fraction of sp³-hybridized carbons (Fsp3) is 0.917. The summed E-state index contributed by atoms with van der Waals surface area (Å²) in [6.07, 6.45) is 6.04. The first-order valence-corrected chi connectivity index (χ1v) is 6.03. The number of carbonyl (C=O) groups excluding carboxylic acids is 1. The van der Waals surface area contributed by atoms with E-state index in [1.807, 2.05) is 0 Å². The van der Waals surface area contributed by atoms with Crippen molar-refractivity contribution in [2.75, 3.05) is 26.2 Å². The molecule has 0 aromatic rings. The molecule has 1 heterocycles. The average molecular weight is 278 g/mol. The predicted molar refractivity (Wildman–Crippen MR) is 59.2 cm³/mol. The molecule has 0 aliphatic carbocycles. The summed E-state index contributed by atoms with van der Waals surface area (Å²) < 4.78 is 1.27. The van der Waals surface area contributed by atoms with E-state index in [0.29, 0.717) is 5.78 Å². The lowest BCUT2D eigenvalue weighted by Crippen LogP contribution is -3.00. The predicted octanol–water partition coefficient (Wildman–Crippen LogP) is -0.620. The van der Waals surface area contributed by atoms with Crippen LogP contribution in [0.5, 0.6) is 0 Å². The lowest BCUT2D eigenvalue weighted by molar-refractivity contribution is -0.931. The SMILES string of the molecule is CC[N+]1(CCCC(C)=O)CCCCC1.[Br-]. The number of piperidine rings is 1. The molecule has 0 radical (unpaired) electrons. The minimum Gasteiger partial charge on any atom is -1.00 e. The van der Waals surface area contributed by atoms with E-state index in [4.69, 9.17) is 0 Å². The van der Waals surface area contributed by atoms with Gasteiger partial charge in [0.2, 0.25) is 0 Å². The molecule has 0 N–H and O–H groups in total. The third-order valence-electron chi connectivity index (χ3n) is 3.60. The van der Waals surface area contributed by atoms with Crippen molar-refractivity contribution in [3.63, 3.8) is 0 Å². The van der Waals surface area contributed by atoms with Gasteiger partial charge in [0.1, 0.15) is 5.78 Å². The highest BCUT2D eigenvalue weighted by Crippen LogP contribution is 2.19. The molecule has 0 unspecified atom stereocenters. The van der Waals surface area contributed by atoms with Crippen molar-refractivity contribution in [1.82, 2.24) is 0 Å². The van der Waals surface area contributed by atoms with Crippen LogP contribution in [0.2, 0.25) is 0 Å². The summed E-state index contributed by atoms with van der Waals surface area (Å²) in [5.74, 6) is 0.344. The van der Waals surface area contributed by atoms with Crippen LogP contribution in [0.4, 0.5) is 0 Å². The van der Waals surface area contributed by atoms with Crippen molar-refractivity contribution in [2.45, 2.75) is 46.0 Å². The number of halogens is 1. The van der Waals surface area contributed by atoms with Gasteiger partial charge in [-0.2, -0.15) is 0 Å². The van der Waals surface area contributed by atoms with E-state index < -0.39 is 0 Å². The smallest absolute Gasteiger partial charge is 0.130 e. The fourth-order valence-electron chi connectivity index (χ4n) is 2.54. The quantitative estimate of drug-likeness (QED) is 0.613. The van der Waals surface area contributed by atoms with Crippen LogP contribution in [0.3, 0.4) is 0 Å². The lowest BCUT2D eigenvalue weighted by atomic mass is 10.1. The van der Waals surface area contributed by atoms with Gasteiger partial charge < -0.3 is 26.3 Å². The highest BCUT2D eigenvalue weighted by atomic mass is 79.9. The van der Waals surface area contributed by atoms with Crippen molar-refractivity contribution in [2.24, 2.45) is 0 Å². The largest absolute Gasteiger partial charge is 1.00 e. The Morgan fingerprint density at radius 1 is 1.20 bits per heavy atom. The third-order valence-corrected chi connectivity index (χ3v) is 3.60. The Kier molecular flexibility index (Phi) is 7.45. The molecule has 0 atom stereocenters. The summed E-state index contributed by atoms with van der Waals surface area (Å²) in [5, 5.41) is 0. The first kappa shape index (κ1) is 15.1.